The number of hydrogen-bond acceptors (Lipinski definition) is 4. The van der Waals surface area contributed by atoms with Gasteiger partial charge in [-0.1, -0.05) is 24.6 Å². The van der Waals surface area contributed by atoms with Gasteiger partial charge in [0, 0.05) is 29.6 Å². The van der Waals surface area contributed by atoms with Crippen LogP contribution in [0.2, 0.25) is 5.02 Å². The molecular formula is C18H21ClN4O3S. The fraction of sp³-hybridized carbons (Fsp3) is 0.222. The van der Waals surface area contributed by atoms with E-state index in [-0.39, 0.29) is 16.4 Å². The minimum atomic E-state index is -3.64. The van der Waals surface area contributed by atoms with E-state index in [1.165, 1.54) is 6.07 Å². The molecule has 0 saturated carbocycles. The molecule has 0 atom stereocenters. The highest BCUT2D eigenvalue weighted by Gasteiger charge is 2.23. The highest BCUT2D eigenvalue weighted by atomic mass is 35.5. The number of rotatable bonds is 5. The standard InChI is InChI=1S/C18H21ClN4O3S/c1-4-11-8-15(23(2)13-7-5-6-12(19)9-13)16(27(3,25)26)10-14(11)17(24)22-18(20)21/h5-10H,4H2,1-3H3,(H4,20,21,22,24). The Bertz CT molecular complexity index is 1020. The van der Waals surface area contributed by atoms with Gasteiger partial charge in [0.05, 0.1) is 10.6 Å². The van der Waals surface area contributed by atoms with E-state index in [2.05, 4.69) is 4.99 Å². The van der Waals surface area contributed by atoms with Crippen LogP contribution in [0.15, 0.2) is 46.3 Å². The van der Waals surface area contributed by atoms with Gasteiger partial charge in [0.25, 0.3) is 5.91 Å². The molecule has 0 aliphatic rings. The van der Waals surface area contributed by atoms with Crippen molar-refractivity contribution in [2.75, 3.05) is 18.2 Å². The van der Waals surface area contributed by atoms with E-state index in [0.717, 1.165) is 6.26 Å². The molecule has 0 aliphatic heterocycles. The van der Waals surface area contributed by atoms with Gasteiger partial charge in [0.2, 0.25) is 0 Å². The second-order valence-electron chi connectivity index (χ2n) is 5.98. The van der Waals surface area contributed by atoms with Gasteiger partial charge in [-0.25, -0.2) is 8.42 Å². The number of hydrogen-bond donors (Lipinski definition) is 2. The lowest BCUT2D eigenvalue weighted by atomic mass is 10.0. The zero-order valence-electron chi connectivity index (χ0n) is 15.2. The van der Waals surface area contributed by atoms with Crippen molar-refractivity contribution >= 4 is 44.7 Å². The van der Waals surface area contributed by atoms with Gasteiger partial charge in [0.15, 0.2) is 15.8 Å². The Kier molecular flexibility index (Phi) is 6.12. The first kappa shape index (κ1) is 20.7. The van der Waals surface area contributed by atoms with Crippen molar-refractivity contribution in [3.8, 4) is 0 Å². The van der Waals surface area contributed by atoms with Crippen LogP contribution < -0.4 is 16.4 Å². The predicted octanol–water partition coefficient (Wildman–Crippen LogP) is 2.49. The van der Waals surface area contributed by atoms with Crippen molar-refractivity contribution in [2.45, 2.75) is 18.2 Å². The molecule has 2 aromatic carbocycles. The number of halogens is 1. The van der Waals surface area contributed by atoms with Gasteiger partial charge in [-0.2, -0.15) is 4.99 Å². The highest BCUT2D eigenvalue weighted by molar-refractivity contribution is 7.90. The number of aliphatic imine (C=N–C) groups is 1. The van der Waals surface area contributed by atoms with Crippen LogP contribution in [-0.4, -0.2) is 33.6 Å². The summed E-state index contributed by atoms with van der Waals surface area (Å²) in [6.45, 7) is 1.85. The quantitative estimate of drug-likeness (QED) is 0.579. The fourth-order valence-electron chi connectivity index (χ4n) is 2.66. The van der Waals surface area contributed by atoms with E-state index in [4.69, 9.17) is 23.1 Å². The average Bonchev–Trinajstić information content (AvgIpc) is 2.58. The molecule has 0 radical (unpaired) electrons. The Hall–Kier alpha value is -2.58. The summed E-state index contributed by atoms with van der Waals surface area (Å²) in [6, 6.07) is 10.0. The van der Waals surface area contributed by atoms with E-state index in [1.54, 1.807) is 36.2 Å². The maximum atomic E-state index is 12.4. The van der Waals surface area contributed by atoms with Gasteiger partial charge < -0.3 is 16.4 Å². The van der Waals surface area contributed by atoms with Crippen molar-refractivity contribution in [3.63, 3.8) is 0 Å². The number of anilines is 2. The second-order valence-corrected chi connectivity index (χ2v) is 8.40. The summed E-state index contributed by atoms with van der Waals surface area (Å²) in [4.78, 5) is 17.6. The molecule has 0 spiro atoms. The molecule has 2 rings (SSSR count). The number of benzene rings is 2. The van der Waals surface area contributed by atoms with Crippen LogP contribution in [0, 0.1) is 0 Å². The van der Waals surface area contributed by atoms with E-state index in [1.807, 2.05) is 13.0 Å². The SMILES string of the molecule is CCc1cc(N(C)c2cccc(Cl)c2)c(S(C)(=O)=O)cc1C(=O)N=C(N)N. The molecule has 0 unspecified atom stereocenters. The second kappa shape index (κ2) is 7.98. The van der Waals surface area contributed by atoms with Crippen molar-refractivity contribution in [1.29, 1.82) is 0 Å². The fourth-order valence-corrected chi connectivity index (χ4v) is 3.76. The first-order chi connectivity index (χ1) is 12.5. The average molecular weight is 409 g/mol. The number of sulfone groups is 1. The van der Waals surface area contributed by atoms with E-state index >= 15 is 0 Å². The number of guanidine groups is 1. The molecule has 9 heteroatoms. The highest BCUT2D eigenvalue weighted by Crippen LogP contribution is 2.34. The lowest BCUT2D eigenvalue weighted by Gasteiger charge is -2.24. The number of amides is 1. The number of carbonyl (C=O) groups excluding carboxylic acids is 1. The third-order valence-electron chi connectivity index (χ3n) is 3.98. The van der Waals surface area contributed by atoms with E-state index in [9.17, 15) is 13.2 Å². The summed E-state index contributed by atoms with van der Waals surface area (Å²) in [7, 11) is -1.92. The van der Waals surface area contributed by atoms with Crippen molar-refractivity contribution in [3.05, 3.63) is 52.5 Å². The Morgan fingerprint density at radius 3 is 2.41 bits per heavy atom. The molecule has 1 amide bonds. The van der Waals surface area contributed by atoms with Crippen molar-refractivity contribution in [1.82, 2.24) is 0 Å². The first-order valence-corrected chi connectivity index (χ1v) is 10.3. The first-order valence-electron chi connectivity index (χ1n) is 8.04. The zero-order chi connectivity index (χ0) is 20.4. The summed E-state index contributed by atoms with van der Waals surface area (Å²) < 4.78 is 24.8. The van der Waals surface area contributed by atoms with Crippen molar-refractivity contribution in [2.24, 2.45) is 16.5 Å². The minimum Gasteiger partial charge on any atom is -0.370 e. The molecule has 0 bridgehead atoms. The van der Waals surface area contributed by atoms with E-state index < -0.39 is 15.7 Å². The summed E-state index contributed by atoms with van der Waals surface area (Å²) in [5, 5.41) is 0.524. The Balaban J connectivity index is 2.74. The summed E-state index contributed by atoms with van der Waals surface area (Å²) >= 11 is 6.05. The van der Waals surface area contributed by atoms with Crippen LogP contribution in [0.4, 0.5) is 11.4 Å². The molecule has 144 valence electrons. The third-order valence-corrected chi connectivity index (χ3v) is 5.34. The largest absolute Gasteiger partial charge is 0.370 e. The van der Waals surface area contributed by atoms with Crippen LogP contribution in [0.3, 0.4) is 0 Å². The molecule has 0 heterocycles. The Labute approximate surface area is 163 Å². The molecule has 0 aliphatic carbocycles. The summed E-state index contributed by atoms with van der Waals surface area (Å²) in [5.74, 6) is -1.07. The Morgan fingerprint density at radius 1 is 1.22 bits per heavy atom. The molecule has 0 aromatic heterocycles. The lowest BCUT2D eigenvalue weighted by molar-refractivity contribution is 0.100. The molecule has 4 N–H and O–H groups in total. The molecule has 0 fully saturated rings. The number of aryl methyl sites for hydroxylation is 1. The van der Waals surface area contributed by atoms with Gasteiger partial charge in [-0.3, -0.25) is 4.79 Å². The molecule has 2 aromatic rings. The van der Waals surface area contributed by atoms with E-state index in [0.29, 0.717) is 28.4 Å². The maximum absolute atomic E-state index is 12.4. The maximum Gasteiger partial charge on any atom is 0.280 e. The van der Waals surface area contributed by atoms with Crippen LogP contribution >= 0.6 is 11.6 Å². The third kappa shape index (κ3) is 4.78. The summed E-state index contributed by atoms with van der Waals surface area (Å²) in [5.41, 5.74) is 12.5. The lowest BCUT2D eigenvalue weighted by Crippen LogP contribution is -2.24. The topological polar surface area (TPSA) is 119 Å². The van der Waals surface area contributed by atoms with Crippen LogP contribution in [0.25, 0.3) is 0 Å². The Morgan fingerprint density at radius 2 is 1.89 bits per heavy atom. The molecule has 27 heavy (non-hydrogen) atoms. The zero-order valence-corrected chi connectivity index (χ0v) is 16.8. The summed E-state index contributed by atoms with van der Waals surface area (Å²) in [6.07, 6.45) is 1.57. The van der Waals surface area contributed by atoms with Gasteiger partial charge in [-0.05, 0) is 42.3 Å². The normalized spacial score (nSPS) is 11.1. The number of nitrogens with two attached hydrogens (primary N) is 2. The van der Waals surface area contributed by atoms with Crippen molar-refractivity contribution < 1.29 is 13.2 Å². The van der Waals surface area contributed by atoms with Gasteiger partial charge >= 0.3 is 0 Å². The predicted molar refractivity (Wildman–Crippen MR) is 109 cm³/mol. The molecule has 7 nitrogen and oxygen atoms in total. The van der Waals surface area contributed by atoms with Crippen LogP contribution in [0.5, 0.6) is 0 Å². The number of carbonyl (C=O) groups is 1. The van der Waals surface area contributed by atoms with Crippen LogP contribution in [-0.2, 0) is 16.3 Å². The van der Waals surface area contributed by atoms with Gasteiger partial charge in [-0.15, -0.1) is 0 Å². The molecular weight excluding hydrogens is 388 g/mol. The van der Waals surface area contributed by atoms with Crippen LogP contribution in [0.1, 0.15) is 22.8 Å². The van der Waals surface area contributed by atoms with Gasteiger partial charge in [0.1, 0.15) is 0 Å². The number of nitrogens with zero attached hydrogens (tertiary/aromatic N) is 2. The smallest absolute Gasteiger partial charge is 0.280 e. The minimum absolute atomic E-state index is 0.00341. The molecule has 0 saturated heterocycles. The monoisotopic (exact) mass is 408 g/mol.